The van der Waals surface area contributed by atoms with Crippen LogP contribution >= 0.6 is 0 Å². The van der Waals surface area contributed by atoms with Crippen LogP contribution in [0.2, 0.25) is 0 Å². The number of aromatic nitrogens is 2. The van der Waals surface area contributed by atoms with E-state index in [-0.39, 0.29) is 11.8 Å². The van der Waals surface area contributed by atoms with Gasteiger partial charge in [0.25, 0.3) is 0 Å². The monoisotopic (exact) mass is 341 g/mol. The van der Waals surface area contributed by atoms with Crippen LogP contribution in [0.1, 0.15) is 12.8 Å². The molecule has 0 saturated carbocycles. The summed E-state index contributed by atoms with van der Waals surface area (Å²) in [6, 6.07) is 8.76. The molecule has 1 aromatic carbocycles. The Morgan fingerprint density at radius 2 is 2.28 bits per heavy atom. The number of aryl methyl sites for hydroxylation is 1. The van der Waals surface area contributed by atoms with E-state index >= 15 is 0 Å². The van der Waals surface area contributed by atoms with Gasteiger partial charge in [-0.25, -0.2) is 0 Å². The van der Waals surface area contributed by atoms with Crippen LogP contribution in [0.25, 0.3) is 11.1 Å². The number of ether oxygens (including phenoxy) is 1. The lowest BCUT2D eigenvalue weighted by molar-refractivity contribution is -0.126. The summed E-state index contributed by atoms with van der Waals surface area (Å²) in [5, 5.41) is 7.16. The average molecular weight is 341 g/mol. The first-order chi connectivity index (χ1) is 12.1. The van der Waals surface area contributed by atoms with Gasteiger partial charge in [0.2, 0.25) is 5.91 Å². The lowest BCUT2D eigenvalue weighted by atomic mass is 9.98. The highest BCUT2D eigenvalue weighted by molar-refractivity contribution is 5.78. The van der Waals surface area contributed by atoms with E-state index in [4.69, 9.17) is 4.74 Å². The Labute approximate surface area is 148 Å². The van der Waals surface area contributed by atoms with Gasteiger partial charge >= 0.3 is 0 Å². The summed E-state index contributed by atoms with van der Waals surface area (Å²) in [4.78, 5) is 14.4. The molecule has 25 heavy (non-hydrogen) atoms. The topological polar surface area (TPSA) is 59.4 Å². The van der Waals surface area contributed by atoms with Crippen molar-refractivity contribution in [3.63, 3.8) is 0 Å². The van der Waals surface area contributed by atoms with E-state index in [1.165, 1.54) is 0 Å². The molecular formula is C19H25N4O2. The third-order valence-electron chi connectivity index (χ3n) is 4.47. The number of benzene rings is 1. The summed E-state index contributed by atoms with van der Waals surface area (Å²) in [5.41, 5.74) is 2.04. The van der Waals surface area contributed by atoms with Crippen molar-refractivity contribution >= 4 is 5.91 Å². The first kappa shape index (κ1) is 17.5. The summed E-state index contributed by atoms with van der Waals surface area (Å²) in [6.45, 7) is 2.88. The SMILES string of the molecule is CN1CCC[C@H](C(=O)NCCOc2c[c]cc(-c3cnn(C)c3)c2)C1. The van der Waals surface area contributed by atoms with Crippen molar-refractivity contribution in [2.75, 3.05) is 33.3 Å². The Morgan fingerprint density at radius 1 is 1.40 bits per heavy atom. The number of rotatable bonds is 6. The number of hydrogen-bond donors (Lipinski definition) is 1. The van der Waals surface area contributed by atoms with Crippen molar-refractivity contribution in [1.82, 2.24) is 20.0 Å². The Bertz CT molecular complexity index is 713. The zero-order valence-corrected chi connectivity index (χ0v) is 14.9. The Kier molecular flexibility index (Phi) is 5.71. The van der Waals surface area contributed by atoms with Crippen LogP contribution in [0, 0.1) is 12.0 Å². The van der Waals surface area contributed by atoms with Crippen molar-refractivity contribution in [3.05, 3.63) is 36.7 Å². The Balaban J connectivity index is 1.45. The van der Waals surface area contributed by atoms with Crippen molar-refractivity contribution < 1.29 is 9.53 Å². The Morgan fingerprint density at radius 3 is 3.04 bits per heavy atom. The summed E-state index contributed by atoms with van der Waals surface area (Å²) >= 11 is 0. The number of carbonyl (C=O) groups is 1. The van der Waals surface area contributed by atoms with E-state index < -0.39 is 0 Å². The fraction of sp³-hybridized carbons (Fsp3) is 0.474. The van der Waals surface area contributed by atoms with Gasteiger partial charge in [0.05, 0.1) is 18.7 Å². The standard InChI is InChI=1S/C19H25N4O2/c1-22-9-4-6-16(13-22)19(24)20-8-10-25-18-7-3-5-15(11-18)17-12-21-23(2)14-17/h5,7,11-12,14,16H,4,6,8-10,13H2,1-2H3,(H,20,24)/t16-/m0/s1. The number of piperidine rings is 1. The van der Waals surface area contributed by atoms with Gasteiger partial charge in [-0.1, -0.05) is 0 Å². The molecule has 133 valence electrons. The van der Waals surface area contributed by atoms with Gasteiger partial charge in [0, 0.05) is 25.4 Å². The number of amides is 1. The third kappa shape index (κ3) is 4.82. The number of hydrogen-bond acceptors (Lipinski definition) is 4. The van der Waals surface area contributed by atoms with Crippen LogP contribution < -0.4 is 10.1 Å². The molecule has 1 aliphatic rings. The van der Waals surface area contributed by atoms with Gasteiger partial charge < -0.3 is 15.0 Å². The van der Waals surface area contributed by atoms with Gasteiger partial charge in [-0.15, -0.1) is 0 Å². The van der Waals surface area contributed by atoms with Crippen LogP contribution in [0.4, 0.5) is 0 Å². The number of likely N-dealkylation sites (tertiary alicyclic amines) is 1. The summed E-state index contributed by atoms with van der Waals surface area (Å²) in [7, 11) is 3.95. The molecule has 1 atom stereocenters. The second kappa shape index (κ2) is 8.16. The van der Waals surface area contributed by atoms with E-state index in [0.29, 0.717) is 13.2 Å². The summed E-state index contributed by atoms with van der Waals surface area (Å²) < 4.78 is 7.52. The molecule has 2 heterocycles. The minimum absolute atomic E-state index is 0.0981. The van der Waals surface area contributed by atoms with E-state index in [9.17, 15) is 4.79 Å². The van der Waals surface area contributed by atoms with E-state index in [1.54, 1.807) is 10.7 Å². The summed E-state index contributed by atoms with van der Waals surface area (Å²) in [5.74, 6) is 0.972. The minimum Gasteiger partial charge on any atom is -0.492 e. The first-order valence-electron chi connectivity index (χ1n) is 8.71. The zero-order chi connectivity index (χ0) is 17.6. The number of nitrogens with zero attached hydrogens (tertiary/aromatic N) is 3. The molecule has 1 radical (unpaired) electrons. The van der Waals surface area contributed by atoms with Crippen molar-refractivity contribution in [2.45, 2.75) is 12.8 Å². The van der Waals surface area contributed by atoms with Crippen LogP contribution in [0.3, 0.4) is 0 Å². The van der Waals surface area contributed by atoms with Crippen LogP contribution in [-0.4, -0.2) is 53.9 Å². The van der Waals surface area contributed by atoms with Gasteiger partial charge in [-0.3, -0.25) is 9.48 Å². The van der Waals surface area contributed by atoms with Gasteiger partial charge in [-0.05, 0) is 56.3 Å². The molecule has 1 aliphatic heterocycles. The molecule has 1 aromatic heterocycles. The molecule has 6 heteroatoms. The largest absolute Gasteiger partial charge is 0.492 e. The lowest BCUT2D eigenvalue weighted by Crippen LogP contribution is -2.42. The normalized spacial score (nSPS) is 18.1. The average Bonchev–Trinajstić information content (AvgIpc) is 3.05. The summed E-state index contributed by atoms with van der Waals surface area (Å²) in [6.07, 6.45) is 5.82. The predicted octanol–water partition coefficient (Wildman–Crippen LogP) is 1.72. The fourth-order valence-electron chi connectivity index (χ4n) is 3.14. The van der Waals surface area contributed by atoms with Crippen molar-refractivity contribution in [1.29, 1.82) is 0 Å². The number of nitrogens with one attached hydrogen (secondary N) is 1. The van der Waals surface area contributed by atoms with E-state index in [1.807, 2.05) is 31.6 Å². The van der Waals surface area contributed by atoms with Crippen LogP contribution in [0.5, 0.6) is 5.75 Å². The lowest BCUT2D eigenvalue weighted by Gasteiger charge is -2.28. The maximum atomic E-state index is 12.2. The fourth-order valence-corrected chi connectivity index (χ4v) is 3.14. The van der Waals surface area contributed by atoms with Crippen molar-refractivity contribution in [3.8, 4) is 16.9 Å². The van der Waals surface area contributed by atoms with Gasteiger partial charge in [0.15, 0.2) is 0 Å². The molecule has 1 fully saturated rings. The van der Waals surface area contributed by atoms with E-state index in [2.05, 4.69) is 28.4 Å². The maximum Gasteiger partial charge on any atom is 0.224 e. The molecule has 1 amide bonds. The predicted molar refractivity (Wildman–Crippen MR) is 96.2 cm³/mol. The highest BCUT2D eigenvalue weighted by Gasteiger charge is 2.23. The molecule has 1 N–H and O–H groups in total. The van der Waals surface area contributed by atoms with Gasteiger partial charge in [0.1, 0.15) is 12.4 Å². The molecule has 3 rings (SSSR count). The molecule has 0 spiro atoms. The molecule has 0 unspecified atom stereocenters. The molecule has 1 saturated heterocycles. The Hall–Kier alpha value is -2.34. The van der Waals surface area contributed by atoms with Crippen molar-refractivity contribution in [2.24, 2.45) is 13.0 Å². The minimum atomic E-state index is 0.0981. The second-order valence-electron chi connectivity index (χ2n) is 6.60. The maximum absolute atomic E-state index is 12.2. The molecule has 6 nitrogen and oxygen atoms in total. The first-order valence-corrected chi connectivity index (χ1v) is 8.71. The quantitative estimate of drug-likeness (QED) is 0.813. The molecule has 0 bridgehead atoms. The highest BCUT2D eigenvalue weighted by atomic mass is 16.5. The second-order valence-corrected chi connectivity index (χ2v) is 6.60. The smallest absolute Gasteiger partial charge is 0.224 e. The highest BCUT2D eigenvalue weighted by Crippen LogP contribution is 2.22. The van der Waals surface area contributed by atoms with E-state index in [0.717, 1.165) is 42.8 Å². The molecule has 2 aromatic rings. The molecular weight excluding hydrogens is 316 g/mol. The van der Waals surface area contributed by atoms with Gasteiger partial charge in [-0.2, -0.15) is 5.10 Å². The third-order valence-corrected chi connectivity index (χ3v) is 4.47. The molecule has 0 aliphatic carbocycles. The van der Waals surface area contributed by atoms with Crippen LogP contribution in [0.15, 0.2) is 30.6 Å². The van der Waals surface area contributed by atoms with Crippen LogP contribution in [-0.2, 0) is 11.8 Å². The zero-order valence-electron chi connectivity index (χ0n) is 14.9. The number of carbonyl (C=O) groups excluding carboxylic acids is 1.